The molecule has 0 saturated heterocycles. The van der Waals surface area contributed by atoms with Gasteiger partial charge in [-0.3, -0.25) is 4.79 Å². The first kappa shape index (κ1) is 15.7. The van der Waals surface area contributed by atoms with Crippen LogP contribution in [0.1, 0.15) is 46.0 Å². The molecular weight excluding hydrogens is 256 g/mol. The number of Topliss-reactive ketones (excluding diaryl/α,β-unsaturated/α-hetero) is 1. The van der Waals surface area contributed by atoms with Gasteiger partial charge in [0.05, 0.1) is 13.2 Å². The Balaban J connectivity index is 1.95. The highest BCUT2D eigenvalue weighted by atomic mass is 16.7. The maximum absolute atomic E-state index is 12.4. The Hall–Kier alpha value is -0.710. The summed E-state index contributed by atoms with van der Waals surface area (Å²) in [5.74, 6) is 0.148. The van der Waals surface area contributed by atoms with E-state index in [4.69, 9.17) is 14.2 Å². The molecule has 0 aliphatic heterocycles. The van der Waals surface area contributed by atoms with Gasteiger partial charge in [0.15, 0.2) is 5.78 Å². The van der Waals surface area contributed by atoms with Gasteiger partial charge < -0.3 is 14.2 Å². The van der Waals surface area contributed by atoms with E-state index >= 15 is 0 Å². The lowest BCUT2D eigenvalue weighted by molar-refractivity contribution is -0.145. The number of rotatable bonds is 6. The number of allylic oxidation sites excluding steroid dienone is 1. The summed E-state index contributed by atoms with van der Waals surface area (Å²) in [7, 11) is 1.63. The van der Waals surface area contributed by atoms with Crippen LogP contribution in [0.4, 0.5) is 0 Å². The van der Waals surface area contributed by atoms with Crippen molar-refractivity contribution in [1.29, 1.82) is 0 Å². The number of ketones is 1. The quantitative estimate of drug-likeness (QED) is 0.555. The molecule has 0 aromatic carbocycles. The number of carbonyl (C=O) groups excluding carboxylic acids is 1. The minimum absolute atomic E-state index is 0.146. The van der Waals surface area contributed by atoms with E-state index in [0.29, 0.717) is 13.2 Å². The van der Waals surface area contributed by atoms with Crippen LogP contribution in [0.2, 0.25) is 0 Å². The van der Waals surface area contributed by atoms with E-state index in [1.807, 2.05) is 6.92 Å². The van der Waals surface area contributed by atoms with Crippen molar-refractivity contribution >= 4 is 5.78 Å². The van der Waals surface area contributed by atoms with Crippen LogP contribution in [0.5, 0.6) is 0 Å². The Morgan fingerprint density at radius 2 is 2.10 bits per heavy atom. The van der Waals surface area contributed by atoms with Crippen molar-refractivity contribution in [3.8, 4) is 0 Å². The largest absolute Gasteiger partial charge is 0.382 e. The zero-order chi connectivity index (χ0) is 14.6. The van der Waals surface area contributed by atoms with Crippen molar-refractivity contribution in [1.82, 2.24) is 0 Å². The highest BCUT2D eigenvalue weighted by molar-refractivity contribution is 6.00. The van der Waals surface area contributed by atoms with Crippen molar-refractivity contribution in [3.05, 3.63) is 11.1 Å². The first-order valence-electron chi connectivity index (χ1n) is 7.51. The summed E-state index contributed by atoms with van der Waals surface area (Å²) in [5, 5.41) is 0. The molecule has 0 unspecified atom stereocenters. The van der Waals surface area contributed by atoms with Gasteiger partial charge in [0, 0.05) is 7.11 Å². The maximum atomic E-state index is 12.4. The van der Waals surface area contributed by atoms with E-state index in [-0.39, 0.29) is 24.1 Å². The zero-order valence-corrected chi connectivity index (χ0v) is 12.9. The molecule has 1 fully saturated rings. The van der Waals surface area contributed by atoms with Gasteiger partial charge in [-0.1, -0.05) is 18.9 Å². The third-order valence-corrected chi connectivity index (χ3v) is 4.67. The van der Waals surface area contributed by atoms with Crippen molar-refractivity contribution in [2.75, 3.05) is 27.1 Å². The molecule has 4 nitrogen and oxygen atoms in total. The van der Waals surface area contributed by atoms with Gasteiger partial charge >= 0.3 is 0 Å². The standard InChI is InChI=1S/C16H26O4/c1-12-13-6-4-5-7-16(13,2)10-14(15(12)17)20-11-19-9-8-18-3/h14H,4-11H2,1-3H3/t14-,16-/m0/s1. The third kappa shape index (κ3) is 3.30. The molecule has 2 aliphatic rings. The highest BCUT2D eigenvalue weighted by Gasteiger charge is 2.42. The minimum Gasteiger partial charge on any atom is -0.382 e. The molecule has 114 valence electrons. The Kier molecular flexibility index (Phi) is 5.35. The predicted octanol–water partition coefficient (Wildman–Crippen LogP) is 2.86. The number of hydrogen-bond donors (Lipinski definition) is 0. The van der Waals surface area contributed by atoms with Gasteiger partial charge in [0.2, 0.25) is 0 Å². The molecule has 20 heavy (non-hydrogen) atoms. The van der Waals surface area contributed by atoms with E-state index in [1.165, 1.54) is 18.4 Å². The first-order valence-corrected chi connectivity index (χ1v) is 7.51. The molecule has 0 aromatic rings. The fourth-order valence-electron chi connectivity index (χ4n) is 3.49. The zero-order valence-electron chi connectivity index (χ0n) is 12.9. The molecule has 2 atom stereocenters. The van der Waals surface area contributed by atoms with E-state index in [1.54, 1.807) is 7.11 Å². The molecule has 0 aromatic heterocycles. The SMILES string of the molecule is COCCOCO[C@H]1C[C@]2(C)CCCCC2=C(C)C1=O. The van der Waals surface area contributed by atoms with Gasteiger partial charge in [-0.15, -0.1) is 0 Å². The summed E-state index contributed by atoms with van der Waals surface area (Å²) in [5.41, 5.74) is 2.45. The molecule has 0 heterocycles. The fourth-order valence-corrected chi connectivity index (χ4v) is 3.49. The fraction of sp³-hybridized carbons (Fsp3) is 0.812. The van der Waals surface area contributed by atoms with E-state index < -0.39 is 0 Å². The van der Waals surface area contributed by atoms with Gasteiger partial charge in [-0.05, 0) is 43.6 Å². The van der Waals surface area contributed by atoms with Crippen molar-refractivity contribution < 1.29 is 19.0 Å². The van der Waals surface area contributed by atoms with Gasteiger partial charge in [0.1, 0.15) is 12.9 Å². The second kappa shape index (κ2) is 6.83. The van der Waals surface area contributed by atoms with Crippen molar-refractivity contribution in [2.45, 2.75) is 52.1 Å². The van der Waals surface area contributed by atoms with Crippen LogP contribution < -0.4 is 0 Å². The molecule has 0 amide bonds. The van der Waals surface area contributed by atoms with Gasteiger partial charge in [0.25, 0.3) is 0 Å². The Labute approximate surface area is 121 Å². The molecule has 0 radical (unpaired) electrons. The average Bonchev–Trinajstić information content (AvgIpc) is 2.43. The number of ether oxygens (including phenoxy) is 3. The number of carbonyl (C=O) groups is 1. The van der Waals surface area contributed by atoms with Crippen LogP contribution in [0.25, 0.3) is 0 Å². The lowest BCUT2D eigenvalue weighted by Crippen LogP contribution is -2.41. The smallest absolute Gasteiger partial charge is 0.187 e. The van der Waals surface area contributed by atoms with Crippen LogP contribution in [0.15, 0.2) is 11.1 Å². The number of methoxy groups -OCH3 is 1. The van der Waals surface area contributed by atoms with Crippen LogP contribution in [-0.4, -0.2) is 39.0 Å². The van der Waals surface area contributed by atoms with Gasteiger partial charge in [-0.25, -0.2) is 0 Å². The summed E-state index contributed by atoms with van der Waals surface area (Å²) in [6.45, 7) is 5.44. The summed E-state index contributed by atoms with van der Waals surface area (Å²) in [6, 6.07) is 0. The molecule has 1 saturated carbocycles. The Bertz CT molecular complexity index is 388. The van der Waals surface area contributed by atoms with Crippen LogP contribution in [0.3, 0.4) is 0 Å². The number of fused-ring (bicyclic) bond motifs is 1. The lowest BCUT2D eigenvalue weighted by Gasteiger charge is -2.43. The van der Waals surface area contributed by atoms with Crippen molar-refractivity contribution in [2.24, 2.45) is 5.41 Å². The normalized spacial score (nSPS) is 30.6. The Morgan fingerprint density at radius 1 is 1.30 bits per heavy atom. The topological polar surface area (TPSA) is 44.8 Å². The minimum atomic E-state index is -0.343. The third-order valence-electron chi connectivity index (χ3n) is 4.67. The summed E-state index contributed by atoms with van der Waals surface area (Å²) in [4.78, 5) is 12.4. The summed E-state index contributed by atoms with van der Waals surface area (Å²) in [6.07, 6.45) is 5.15. The number of hydrogen-bond acceptors (Lipinski definition) is 4. The lowest BCUT2D eigenvalue weighted by atomic mass is 9.63. The molecular formula is C16H26O4. The molecule has 0 N–H and O–H groups in total. The Morgan fingerprint density at radius 3 is 2.85 bits per heavy atom. The van der Waals surface area contributed by atoms with Crippen LogP contribution in [-0.2, 0) is 19.0 Å². The van der Waals surface area contributed by atoms with Gasteiger partial charge in [-0.2, -0.15) is 0 Å². The highest BCUT2D eigenvalue weighted by Crippen LogP contribution is 2.49. The second-order valence-electron chi connectivity index (χ2n) is 6.11. The van der Waals surface area contributed by atoms with E-state index in [2.05, 4.69) is 6.92 Å². The molecule has 2 aliphatic carbocycles. The average molecular weight is 282 g/mol. The molecule has 0 spiro atoms. The van der Waals surface area contributed by atoms with E-state index in [9.17, 15) is 4.79 Å². The maximum Gasteiger partial charge on any atom is 0.187 e. The van der Waals surface area contributed by atoms with Crippen LogP contribution in [0, 0.1) is 5.41 Å². The summed E-state index contributed by atoms with van der Waals surface area (Å²) >= 11 is 0. The van der Waals surface area contributed by atoms with Crippen molar-refractivity contribution in [3.63, 3.8) is 0 Å². The van der Waals surface area contributed by atoms with E-state index in [0.717, 1.165) is 24.8 Å². The first-order chi connectivity index (χ1) is 9.58. The second-order valence-corrected chi connectivity index (χ2v) is 6.11. The predicted molar refractivity (Wildman–Crippen MR) is 76.5 cm³/mol. The summed E-state index contributed by atoms with van der Waals surface area (Å²) < 4.78 is 15.9. The molecule has 4 heteroatoms. The monoisotopic (exact) mass is 282 g/mol. The molecule has 2 rings (SSSR count). The van der Waals surface area contributed by atoms with Crippen LogP contribution >= 0.6 is 0 Å². The molecule has 0 bridgehead atoms.